The highest BCUT2D eigenvalue weighted by Gasteiger charge is 2.39. The van der Waals surface area contributed by atoms with E-state index >= 15 is 0 Å². The molecule has 0 bridgehead atoms. The van der Waals surface area contributed by atoms with Crippen LogP contribution in [0.3, 0.4) is 0 Å². The number of nitro benzene ring substituents is 1. The Morgan fingerprint density at radius 2 is 1.78 bits per heavy atom. The Hall–Kier alpha value is -3.62. The zero-order chi connectivity index (χ0) is 20.2. The third-order valence-electron chi connectivity index (χ3n) is 4.24. The fraction of sp³-hybridized carbons (Fsp3) is 0.222. The van der Waals surface area contributed by atoms with Crippen molar-refractivity contribution < 1.29 is 29.8 Å². The molecule has 2 aromatic carbocycles. The fourth-order valence-corrected chi connectivity index (χ4v) is 2.61. The van der Waals surface area contributed by atoms with Gasteiger partial charge in [-0.1, -0.05) is 19.1 Å². The second-order valence-electron chi connectivity index (χ2n) is 6.00. The van der Waals surface area contributed by atoms with Gasteiger partial charge in [0.05, 0.1) is 4.92 Å². The van der Waals surface area contributed by atoms with Crippen molar-refractivity contribution in [2.75, 3.05) is 0 Å². The first kappa shape index (κ1) is 19.7. The van der Waals surface area contributed by atoms with E-state index in [-0.39, 0.29) is 24.2 Å². The molecular formula is C18H18N2O7. The maximum atomic E-state index is 12.5. The zero-order valence-corrected chi connectivity index (χ0v) is 14.4. The van der Waals surface area contributed by atoms with E-state index in [1.807, 2.05) is 0 Å². The molecule has 2 aromatic rings. The van der Waals surface area contributed by atoms with Gasteiger partial charge < -0.3 is 20.6 Å². The number of carboxylic acids is 1. The lowest BCUT2D eigenvalue weighted by molar-refractivity contribution is -0.385. The summed E-state index contributed by atoms with van der Waals surface area (Å²) in [6, 6.07) is 8.94. The highest BCUT2D eigenvalue weighted by molar-refractivity contribution is 5.98. The maximum Gasteiger partial charge on any atom is 0.329 e. The van der Waals surface area contributed by atoms with Gasteiger partial charge in [-0.25, -0.2) is 4.79 Å². The van der Waals surface area contributed by atoms with E-state index in [4.69, 9.17) is 0 Å². The van der Waals surface area contributed by atoms with E-state index < -0.39 is 33.8 Å². The number of benzene rings is 2. The third kappa shape index (κ3) is 4.32. The number of rotatable bonds is 7. The number of nitro groups is 1. The number of hydrogen-bond donors (Lipinski definition) is 4. The summed E-state index contributed by atoms with van der Waals surface area (Å²) in [5.41, 5.74) is -1.71. The summed E-state index contributed by atoms with van der Waals surface area (Å²) in [4.78, 5) is 34.4. The molecule has 0 unspecified atom stereocenters. The minimum absolute atomic E-state index is 0.0292. The Morgan fingerprint density at radius 3 is 2.26 bits per heavy atom. The minimum Gasteiger partial charge on any atom is -0.508 e. The summed E-state index contributed by atoms with van der Waals surface area (Å²) in [5.74, 6) is -2.70. The van der Waals surface area contributed by atoms with Gasteiger partial charge >= 0.3 is 11.7 Å². The van der Waals surface area contributed by atoms with Gasteiger partial charge in [0, 0.05) is 18.1 Å². The lowest BCUT2D eigenvalue weighted by Gasteiger charge is -2.29. The van der Waals surface area contributed by atoms with Gasteiger partial charge in [-0.3, -0.25) is 14.9 Å². The third-order valence-corrected chi connectivity index (χ3v) is 4.24. The molecule has 0 aliphatic carbocycles. The molecule has 0 aromatic heterocycles. The number of amides is 1. The van der Waals surface area contributed by atoms with Crippen LogP contribution < -0.4 is 5.32 Å². The number of nitrogens with zero attached hydrogens (tertiary/aromatic N) is 1. The van der Waals surface area contributed by atoms with Gasteiger partial charge in [0.2, 0.25) is 0 Å². The van der Waals surface area contributed by atoms with E-state index in [9.17, 15) is 35.0 Å². The first-order chi connectivity index (χ1) is 12.7. The molecular weight excluding hydrogens is 356 g/mol. The molecule has 9 nitrogen and oxygen atoms in total. The van der Waals surface area contributed by atoms with Gasteiger partial charge in [-0.15, -0.1) is 0 Å². The van der Waals surface area contributed by atoms with Crippen molar-refractivity contribution in [3.8, 4) is 11.5 Å². The minimum atomic E-state index is -1.63. The molecule has 0 heterocycles. The smallest absolute Gasteiger partial charge is 0.329 e. The summed E-state index contributed by atoms with van der Waals surface area (Å²) in [6.07, 6.45) is 0.0255. The van der Waals surface area contributed by atoms with Gasteiger partial charge in [0.15, 0.2) is 5.75 Å². The van der Waals surface area contributed by atoms with Crippen molar-refractivity contribution >= 4 is 17.6 Å². The summed E-state index contributed by atoms with van der Waals surface area (Å²) in [7, 11) is 0. The van der Waals surface area contributed by atoms with Crippen LogP contribution in [-0.4, -0.2) is 37.7 Å². The first-order valence-electron chi connectivity index (χ1n) is 7.99. The Morgan fingerprint density at radius 1 is 1.15 bits per heavy atom. The predicted octanol–water partition coefficient (Wildman–Crippen LogP) is 2.21. The highest BCUT2D eigenvalue weighted by atomic mass is 16.6. The predicted molar refractivity (Wildman–Crippen MR) is 94.7 cm³/mol. The standard InChI is InChI=1S/C18H18N2O7/c1-2-18(17(24)25,10-11-3-6-13(21)7-4-11)19-16(23)12-5-8-14(20(26)27)15(22)9-12/h3-9,21-22H,2,10H2,1H3,(H,19,23)(H,24,25)/t18-/m0/s1. The molecule has 27 heavy (non-hydrogen) atoms. The number of carbonyl (C=O) groups excluding carboxylic acids is 1. The first-order valence-corrected chi connectivity index (χ1v) is 7.99. The van der Waals surface area contributed by atoms with E-state index in [0.717, 1.165) is 18.2 Å². The van der Waals surface area contributed by atoms with Gasteiger partial charge in [-0.2, -0.15) is 0 Å². The second-order valence-corrected chi connectivity index (χ2v) is 6.00. The summed E-state index contributed by atoms with van der Waals surface area (Å²) in [6.45, 7) is 1.60. The number of aliphatic carboxylic acids is 1. The highest BCUT2D eigenvalue weighted by Crippen LogP contribution is 2.27. The van der Waals surface area contributed by atoms with E-state index in [1.54, 1.807) is 19.1 Å². The van der Waals surface area contributed by atoms with Gasteiger partial charge in [0.25, 0.3) is 5.91 Å². The van der Waals surface area contributed by atoms with Crippen LogP contribution in [0.1, 0.15) is 29.3 Å². The van der Waals surface area contributed by atoms with Crippen molar-refractivity contribution in [1.82, 2.24) is 5.32 Å². The second kappa shape index (κ2) is 7.73. The van der Waals surface area contributed by atoms with Crippen LogP contribution in [0.2, 0.25) is 0 Å². The average Bonchev–Trinajstić information content (AvgIpc) is 2.62. The molecule has 0 spiro atoms. The van der Waals surface area contributed by atoms with E-state index in [1.165, 1.54) is 12.1 Å². The van der Waals surface area contributed by atoms with Crippen LogP contribution >= 0.6 is 0 Å². The zero-order valence-electron chi connectivity index (χ0n) is 14.4. The molecule has 0 saturated carbocycles. The van der Waals surface area contributed by atoms with Crippen LogP contribution in [0.25, 0.3) is 0 Å². The van der Waals surface area contributed by atoms with Crippen LogP contribution in [0.4, 0.5) is 5.69 Å². The van der Waals surface area contributed by atoms with Gasteiger partial charge in [0.1, 0.15) is 11.3 Å². The molecule has 0 aliphatic rings. The summed E-state index contributed by atoms with van der Waals surface area (Å²) in [5, 5.41) is 41.9. The summed E-state index contributed by atoms with van der Waals surface area (Å²) < 4.78 is 0. The van der Waals surface area contributed by atoms with Gasteiger partial charge in [-0.05, 0) is 36.2 Å². The van der Waals surface area contributed by atoms with Crippen molar-refractivity contribution in [2.24, 2.45) is 0 Å². The Balaban J connectivity index is 2.31. The normalized spacial score (nSPS) is 12.8. The molecule has 1 amide bonds. The number of carbonyl (C=O) groups is 2. The molecule has 0 aliphatic heterocycles. The fourth-order valence-electron chi connectivity index (χ4n) is 2.61. The molecule has 2 rings (SSSR count). The Labute approximate surface area is 154 Å². The monoisotopic (exact) mass is 374 g/mol. The topological polar surface area (TPSA) is 150 Å². The van der Waals surface area contributed by atoms with Crippen LogP contribution in [-0.2, 0) is 11.2 Å². The number of hydrogen-bond acceptors (Lipinski definition) is 6. The van der Waals surface area contributed by atoms with Crippen molar-refractivity contribution in [3.05, 3.63) is 63.7 Å². The van der Waals surface area contributed by atoms with Crippen molar-refractivity contribution in [1.29, 1.82) is 0 Å². The average molecular weight is 374 g/mol. The summed E-state index contributed by atoms with van der Waals surface area (Å²) >= 11 is 0. The molecule has 142 valence electrons. The quantitative estimate of drug-likeness (QED) is 0.428. The van der Waals surface area contributed by atoms with E-state index in [2.05, 4.69) is 5.32 Å². The number of nitrogens with one attached hydrogen (secondary N) is 1. The molecule has 0 radical (unpaired) electrons. The van der Waals surface area contributed by atoms with E-state index in [0.29, 0.717) is 5.56 Å². The Bertz CT molecular complexity index is 880. The van der Waals surface area contributed by atoms with Crippen molar-refractivity contribution in [3.63, 3.8) is 0 Å². The number of phenolic OH excluding ortho intramolecular Hbond substituents is 2. The SMILES string of the molecule is CC[C@@](Cc1ccc(O)cc1)(NC(=O)c1ccc([N+](=O)[O-])c(O)c1)C(=O)O. The largest absolute Gasteiger partial charge is 0.508 e. The molecule has 9 heteroatoms. The molecule has 0 fully saturated rings. The van der Waals surface area contributed by atoms with Crippen LogP contribution in [0.15, 0.2) is 42.5 Å². The Kier molecular flexibility index (Phi) is 5.64. The lowest BCUT2D eigenvalue weighted by Crippen LogP contribution is -2.55. The van der Waals surface area contributed by atoms with Crippen LogP contribution in [0, 0.1) is 10.1 Å². The molecule has 0 saturated heterocycles. The number of aromatic hydroxyl groups is 2. The maximum absolute atomic E-state index is 12.5. The molecule has 1 atom stereocenters. The lowest BCUT2D eigenvalue weighted by atomic mass is 9.87. The number of phenols is 2. The number of carboxylic acid groups (broad SMARTS) is 1. The van der Waals surface area contributed by atoms with Crippen LogP contribution in [0.5, 0.6) is 11.5 Å². The molecule has 4 N–H and O–H groups in total. The van der Waals surface area contributed by atoms with Crippen molar-refractivity contribution in [2.45, 2.75) is 25.3 Å².